The summed E-state index contributed by atoms with van der Waals surface area (Å²) in [4.78, 5) is 42.6. The van der Waals surface area contributed by atoms with Crippen molar-refractivity contribution in [3.05, 3.63) is 40.1 Å². The molecular formula is C18H24N6O2. The lowest BCUT2D eigenvalue weighted by Crippen LogP contribution is -2.43. The molecule has 0 bridgehead atoms. The second-order valence-corrected chi connectivity index (χ2v) is 6.46. The van der Waals surface area contributed by atoms with E-state index in [0.29, 0.717) is 29.5 Å². The van der Waals surface area contributed by atoms with Crippen LogP contribution in [0.15, 0.2) is 23.3 Å². The van der Waals surface area contributed by atoms with Crippen molar-refractivity contribution in [3.63, 3.8) is 0 Å². The number of aromatic nitrogens is 4. The summed E-state index contributed by atoms with van der Waals surface area (Å²) in [6.07, 6.45) is 5.07. The Morgan fingerprint density at radius 2 is 2.12 bits per heavy atom. The van der Waals surface area contributed by atoms with Crippen molar-refractivity contribution in [2.75, 3.05) is 19.6 Å². The van der Waals surface area contributed by atoms with Gasteiger partial charge in [-0.05, 0) is 32.4 Å². The summed E-state index contributed by atoms with van der Waals surface area (Å²) in [5, 5.41) is 3.29. The number of amides is 1. The van der Waals surface area contributed by atoms with Crippen LogP contribution in [0, 0.1) is 6.92 Å². The molecule has 8 nitrogen and oxygen atoms in total. The number of nitrogens with zero attached hydrogens (tertiary/aromatic N) is 4. The number of carbonyl (C=O) groups excluding carboxylic acids is 1. The maximum atomic E-state index is 12.8. The zero-order valence-corrected chi connectivity index (χ0v) is 15.2. The minimum Gasteiger partial charge on any atom is -0.338 e. The van der Waals surface area contributed by atoms with Crippen LogP contribution < -0.4 is 10.9 Å². The molecular weight excluding hydrogens is 332 g/mol. The van der Waals surface area contributed by atoms with E-state index in [1.165, 1.54) is 0 Å². The van der Waals surface area contributed by atoms with Gasteiger partial charge in [0.05, 0.1) is 6.42 Å². The van der Waals surface area contributed by atoms with Crippen molar-refractivity contribution in [3.8, 4) is 11.6 Å². The zero-order valence-electron chi connectivity index (χ0n) is 15.2. The molecule has 2 aromatic rings. The Hall–Kier alpha value is -2.61. The lowest BCUT2D eigenvalue weighted by molar-refractivity contribution is -0.132. The number of aromatic amines is 1. The smallest absolute Gasteiger partial charge is 0.255 e. The lowest BCUT2D eigenvalue weighted by atomic mass is 10.1. The third-order valence-corrected chi connectivity index (χ3v) is 4.59. The summed E-state index contributed by atoms with van der Waals surface area (Å²) in [6.45, 7) is 6.22. The molecule has 26 heavy (non-hydrogen) atoms. The van der Waals surface area contributed by atoms with Crippen LogP contribution in [0.5, 0.6) is 0 Å². The summed E-state index contributed by atoms with van der Waals surface area (Å²) in [6, 6.07) is 1.90. The van der Waals surface area contributed by atoms with E-state index in [2.05, 4.69) is 32.2 Å². The fourth-order valence-corrected chi connectivity index (χ4v) is 3.26. The maximum Gasteiger partial charge on any atom is 0.255 e. The van der Waals surface area contributed by atoms with Gasteiger partial charge in [0.1, 0.15) is 0 Å². The Kier molecular flexibility index (Phi) is 5.72. The molecule has 0 spiro atoms. The molecule has 2 aromatic heterocycles. The third-order valence-electron chi connectivity index (χ3n) is 4.59. The van der Waals surface area contributed by atoms with Gasteiger partial charge in [0.2, 0.25) is 5.91 Å². The summed E-state index contributed by atoms with van der Waals surface area (Å²) in [5.41, 5.74) is 0.626. The first-order valence-electron chi connectivity index (χ1n) is 8.97. The van der Waals surface area contributed by atoms with Crippen LogP contribution in [-0.4, -0.2) is 56.4 Å². The quantitative estimate of drug-likeness (QED) is 0.789. The monoisotopic (exact) mass is 356 g/mol. The molecule has 0 radical (unpaired) electrons. The first-order valence-corrected chi connectivity index (χ1v) is 8.97. The molecule has 0 saturated carbocycles. The highest BCUT2D eigenvalue weighted by atomic mass is 16.2. The highest BCUT2D eigenvalue weighted by Crippen LogP contribution is 2.13. The van der Waals surface area contributed by atoms with Gasteiger partial charge in [-0.15, -0.1) is 0 Å². The predicted molar refractivity (Wildman–Crippen MR) is 97.6 cm³/mol. The minimum atomic E-state index is -0.311. The van der Waals surface area contributed by atoms with Crippen LogP contribution in [0.3, 0.4) is 0 Å². The predicted octanol–water partition coefficient (Wildman–Crippen LogP) is 0.678. The number of hydrogen-bond donors (Lipinski definition) is 2. The number of carbonyl (C=O) groups is 1. The number of nitrogens with one attached hydrogen (secondary N) is 2. The Bertz CT molecular complexity index is 814. The zero-order chi connectivity index (χ0) is 18.5. The van der Waals surface area contributed by atoms with Crippen LogP contribution in [0.1, 0.15) is 31.0 Å². The number of rotatable bonds is 6. The molecule has 2 N–H and O–H groups in total. The second-order valence-electron chi connectivity index (χ2n) is 6.46. The van der Waals surface area contributed by atoms with E-state index in [1.54, 1.807) is 25.4 Å². The van der Waals surface area contributed by atoms with Gasteiger partial charge < -0.3 is 15.2 Å². The molecule has 1 fully saturated rings. The Labute approximate surface area is 152 Å². The van der Waals surface area contributed by atoms with E-state index in [0.717, 1.165) is 25.9 Å². The molecule has 0 aliphatic carbocycles. The largest absolute Gasteiger partial charge is 0.338 e. The van der Waals surface area contributed by atoms with E-state index in [4.69, 9.17) is 0 Å². The molecule has 0 aromatic carbocycles. The molecule has 1 atom stereocenters. The van der Waals surface area contributed by atoms with E-state index in [1.807, 2.05) is 4.90 Å². The summed E-state index contributed by atoms with van der Waals surface area (Å²) in [7, 11) is 0. The van der Waals surface area contributed by atoms with Gasteiger partial charge in [-0.2, -0.15) is 0 Å². The first kappa shape index (κ1) is 18.2. The molecule has 3 rings (SSSR count). The maximum absolute atomic E-state index is 12.8. The molecule has 1 saturated heterocycles. The minimum absolute atomic E-state index is 0.0281. The van der Waals surface area contributed by atoms with Crippen LogP contribution in [0.2, 0.25) is 0 Å². The van der Waals surface area contributed by atoms with Crippen molar-refractivity contribution >= 4 is 5.91 Å². The van der Waals surface area contributed by atoms with Gasteiger partial charge in [0.15, 0.2) is 11.6 Å². The topological polar surface area (TPSA) is 104 Å². The number of H-pyrrole nitrogens is 1. The summed E-state index contributed by atoms with van der Waals surface area (Å²) >= 11 is 0. The van der Waals surface area contributed by atoms with Crippen molar-refractivity contribution in [1.29, 1.82) is 0 Å². The van der Waals surface area contributed by atoms with Crippen molar-refractivity contribution < 1.29 is 4.79 Å². The normalized spacial score (nSPS) is 16.6. The van der Waals surface area contributed by atoms with E-state index in [9.17, 15) is 9.59 Å². The Morgan fingerprint density at radius 3 is 2.73 bits per heavy atom. The van der Waals surface area contributed by atoms with Gasteiger partial charge >= 0.3 is 0 Å². The fourth-order valence-electron chi connectivity index (χ4n) is 3.26. The van der Waals surface area contributed by atoms with Gasteiger partial charge in [-0.25, -0.2) is 15.0 Å². The second kappa shape index (κ2) is 8.18. The Balaban J connectivity index is 1.82. The summed E-state index contributed by atoms with van der Waals surface area (Å²) in [5.74, 6) is 0.643. The van der Waals surface area contributed by atoms with Crippen molar-refractivity contribution in [2.45, 2.75) is 39.2 Å². The number of hydrogen-bond acceptors (Lipinski definition) is 6. The van der Waals surface area contributed by atoms with E-state index >= 15 is 0 Å². The first-order chi connectivity index (χ1) is 12.6. The molecule has 1 aliphatic heterocycles. The summed E-state index contributed by atoms with van der Waals surface area (Å²) < 4.78 is 0. The highest BCUT2D eigenvalue weighted by Gasteiger charge is 2.27. The van der Waals surface area contributed by atoms with E-state index < -0.39 is 0 Å². The van der Waals surface area contributed by atoms with Crippen LogP contribution in [0.25, 0.3) is 11.6 Å². The highest BCUT2D eigenvalue weighted by molar-refractivity contribution is 5.79. The number of aryl methyl sites for hydroxylation is 1. The van der Waals surface area contributed by atoms with Crippen molar-refractivity contribution in [1.82, 2.24) is 30.2 Å². The van der Waals surface area contributed by atoms with Gasteiger partial charge in [-0.3, -0.25) is 9.59 Å². The van der Waals surface area contributed by atoms with Crippen molar-refractivity contribution in [2.24, 2.45) is 0 Å². The molecule has 8 heteroatoms. The Morgan fingerprint density at radius 1 is 1.35 bits per heavy atom. The van der Waals surface area contributed by atoms with Crippen LogP contribution >= 0.6 is 0 Å². The molecule has 3 heterocycles. The third kappa shape index (κ3) is 3.96. The molecule has 1 amide bonds. The van der Waals surface area contributed by atoms with Crippen LogP contribution in [-0.2, 0) is 11.2 Å². The SMILES string of the molecule is CCCN(C(=O)Cc1c(C)nc(-c2ncccn2)[nH]c1=O)C1CCNC1. The van der Waals surface area contributed by atoms with Crippen LogP contribution in [0.4, 0.5) is 0 Å². The molecule has 1 aliphatic rings. The van der Waals surface area contributed by atoms with Gasteiger partial charge in [0.25, 0.3) is 5.56 Å². The fraction of sp³-hybridized carbons (Fsp3) is 0.500. The van der Waals surface area contributed by atoms with Gasteiger partial charge in [0, 0.05) is 42.8 Å². The lowest BCUT2D eigenvalue weighted by Gasteiger charge is -2.28. The molecule has 1 unspecified atom stereocenters. The van der Waals surface area contributed by atoms with E-state index in [-0.39, 0.29) is 23.9 Å². The standard InChI is InChI=1S/C18H24N6O2/c1-3-9-24(13-5-8-19-11-13)15(25)10-14-12(2)22-17(23-18(14)26)16-20-6-4-7-21-16/h4,6-7,13,19H,3,5,8-11H2,1-2H3,(H,22,23,26). The van der Waals surface area contributed by atoms with Gasteiger partial charge in [-0.1, -0.05) is 6.92 Å². The average Bonchev–Trinajstić information content (AvgIpc) is 3.17. The molecule has 138 valence electrons. The average molecular weight is 356 g/mol.